The molecule has 2 aliphatic carbocycles. The Balaban J connectivity index is 1.36. The molecule has 0 N–H and O–H groups in total. The molecule has 0 aromatic heterocycles. The molecule has 4 aliphatic rings. The van der Waals surface area contributed by atoms with Crippen LogP contribution in [0.1, 0.15) is 64.2 Å². The van der Waals surface area contributed by atoms with Gasteiger partial charge < -0.3 is 9.80 Å². The van der Waals surface area contributed by atoms with E-state index in [1.165, 1.54) is 19.3 Å². The van der Waals surface area contributed by atoms with E-state index in [-0.39, 0.29) is 11.3 Å². The number of piperidine rings is 1. The van der Waals surface area contributed by atoms with Gasteiger partial charge in [0.2, 0.25) is 11.8 Å². The number of hydrogen-bond donors (Lipinski definition) is 0. The first-order chi connectivity index (χ1) is 12.1. The zero-order chi connectivity index (χ0) is 17.5. The third kappa shape index (κ3) is 2.94. The van der Waals surface area contributed by atoms with Crippen LogP contribution in [0.2, 0.25) is 0 Å². The van der Waals surface area contributed by atoms with Gasteiger partial charge in [0, 0.05) is 38.0 Å². The summed E-state index contributed by atoms with van der Waals surface area (Å²) in [6.07, 6.45) is 9.75. The summed E-state index contributed by atoms with van der Waals surface area (Å²) in [5.74, 6) is 1.09. The molecule has 0 radical (unpaired) electrons. The molecule has 0 aromatic rings. The van der Waals surface area contributed by atoms with Gasteiger partial charge in [0.25, 0.3) is 0 Å². The molecule has 25 heavy (non-hydrogen) atoms. The number of hydrogen-bond acceptors (Lipinski definition) is 3. The van der Waals surface area contributed by atoms with Crippen LogP contribution in [-0.4, -0.2) is 47.8 Å². The zero-order valence-electron chi connectivity index (χ0n) is 15.1. The van der Waals surface area contributed by atoms with Crippen molar-refractivity contribution in [1.29, 1.82) is 5.26 Å². The zero-order valence-corrected chi connectivity index (χ0v) is 15.1. The van der Waals surface area contributed by atoms with E-state index in [0.29, 0.717) is 25.4 Å². The van der Waals surface area contributed by atoms with Crippen LogP contribution in [0.4, 0.5) is 0 Å². The summed E-state index contributed by atoms with van der Waals surface area (Å²) < 4.78 is 0. The molecule has 4 rings (SSSR count). The van der Waals surface area contributed by atoms with Crippen molar-refractivity contribution in [2.75, 3.05) is 26.2 Å². The van der Waals surface area contributed by atoms with Crippen molar-refractivity contribution >= 4 is 11.8 Å². The Morgan fingerprint density at radius 2 is 1.80 bits per heavy atom. The summed E-state index contributed by atoms with van der Waals surface area (Å²) in [7, 11) is 0. The maximum absolute atomic E-state index is 12.9. The molecule has 2 saturated carbocycles. The van der Waals surface area contributed by atoms with E-state index in [2.05, 4.69) is 11.0 Å². The van der Waals surface area contributed by atoms with Gasteiger partial charge in [0.05, 0.1) is 6.07 Å². The number of carbonyl (C=O) groups excluding carboxylic acids is 2. The van der Waals surface area contributed by atoms with Gasteiger partial charge in [0.15, 0.2) is 0 Å². The SMILES string of the molecule is N#CC1(C(=O)N2CCC3(CC2)CC(=O)N(CC2CCC2)C3)CCCC1. The lowest BCUT2D eigenvalue weighted by Crippen LogP contribution is -2.49. The molecule has 0 atom stereocenters. The minimum Gasteiger partial charge on any atom is -0.342 e. The summed E-state index contributed by atoms with van der Waals surface area (Å²) in [6, 6.07) is 2.33. The van der Waals surface area contributed by atoms with Gasteiger partial charge in [-0.05, 0) is 44.4 Å². The third-order valence-electron chi connectivity index (χ3n) is 7.30. The topological polar surface area (TPSA) is 64.4 Å². The number of nitrogens with zero attached hydrogens (tertiary/aromatic N) is 3. The molecule has 5 nitrogen and oxygen atoms in total. The molecule has 5 heteroatoms. The Labute approximate surface area is 150 Å². The molecule has 0 bridgehead atoms. The van der Waals surface area contributed by atoms with Gasteiger partial charge in [-0.2, -0.15) is 5.26 Å². The number of nitriles is 1. The average molecular weight is 343 g/mol. The first-order valence-corrected chi connectivity index (χ1v) is 10.0. The normalized spacial score (nSPS) is 28.2. The first-order valence-electron chi connectivity index (χ1n) is 10.0. The third-order valence-corrected chi connectivity index (χ3v) is 7.30. The highest BCUT2D eigenvalue weighted by molar-refractivity contribution is 5.86. The van der Waals surface area contributed by atoms with E-state index in [1.807, 2.05) is 4.90 Å². The summed E-state index contributed by atoms with van der Waals surface area (Å²) in [5, 5.41) is 9.56. The van der Waals surface area contributed by atoms with Crippen molar-refractivity contribution < 1.29 is 9.59 Å². The van der Waals surface area contributed by atoms with Crippen molar-refractivity contribution in [3.05, 3.63) is 0 Å². The predicted octanol–water partition coefficient (Wildman–Crippen LogP) is 2.71. The first kappa shape index (κ1) is 16.9. The molecule has 0 aromatic carbocycles. The van der Waals surface area contributed by atoms with Crippen LogP contribution in [0.25, 0.3) is 0 Å². The minimum absolute atomic E-state index is 0.0537. The van der Waals surface area contributed by atoms with Gasteiger partial charge >= 0.3 is 0 Å². The van der Waals surface area contributed by atoms with Gasteiger partial charge in [-0.1, -0.05) is 19.3 Å². The van der Waals surface area contributed by atoms with Crippen molar-refractivity contribution in [1.82, 2.24) is 9.80 Å². The Morgan fingerprint density at radius 1 is 1.12 bits per heavy atom. The molecule has 136 valence electrons. The van der Waals surface area contributed by atoms with E-state index in [9.17, 15) is 14.9 Å². The summed E-state index contributed by atoms with van der Waals surface area (Å²) in [6.45, 7) is 3.26. The average Bonchev–Trinajstić information content (AvgIpc) is 3.17. The van der Waals surface area contributed by atoms with Crippen LogP contribution < -0.4 is 0 Å². The summed E-state index contributed by atoms with van der Waals surface area (Å²) in [5.41, 5.74) is -0.681. The van der Waals surface area contributed by atoms with Crippen molar-refractivity contribution in [3.63, 3.8) is 0 Å². The quantitative estimate of drug-likeness (QED) is 0.791. The Morgan fingerprint density at radius 3 is 2.36 bits per heavy atom. The standard InChI is InChI=1S/C20H29N3O2/c21-14-20(6-1-2-7-20)18(25)22-10-8-19(9-11-22)12-17(24)23(15-19)13-16-4-3-5-16/h16H,1-13,15H2. The molecule has 1 spiro atoms. The number of rotatable bonds is 3. The molecule has 0 unspecified atom stereocenters. The van der Waals surface area contributed by atoms with Gasteiger partial charge in [0.1, 0.15) is 5.41 Å². The fraction of sp³-hybridized carbons (Fsp3) is 0.850. The van der Waals surface area contributed by atoms with Crippen molar-refractivity contribution in [2.45, 2.75) is 64.2 Å². The molecule has 2 saturated heterocycles. The second-order valence-electron chi connectivity index (χ2n) is 8.94. The van der Waals surface area contributed by atoms with Gasteiger partial charge in [-0.25, -0.2) is 0 Å². The van der Waals surface area contributed by atoms with Crippen molar-refractivity contribution in [2.24, 2.45) is 16.7 Å². The summed E-state index contributed by atoms with van der Waals surface area (Å²) in [4.78, 5) is 29.4. The molecule has 2 heterocycles. The number of amides is 2. The van der Waals surface area contributed by atoms with Crippen LogP contribution in [-0.2, 0) is 9.59 Å². The monoisotopic (exact) mass is 343 g/mol. The fourth-order valence-electron chi connectivity index (χ4n) is 5.31. The second-order valence-corrected chi connectivity index (χ2v) is 8.94. The molecule has 4 fully saturated rings. The highest BCUT2D eigenvalue weighted by Gasteiger charge is 2.49. The van der Waals surface area contributed by atoms with Crippen LogP contribution in [0, 0.1) is 28.1 Å². The number of likely N-dealkylation sites (tertiary alicyclic amines) is 2. The van der Waals surface area contributed by atoms with Gasteiger partial charge in [-0.3, -0.25) is 9.59 Å². The van der Waals surface area contributed by atoms with E-state index in [0.717, 1.165) is 57.5 Å². The largest absolute Gasteiger partial charge is 0.342 e. The molecule has 2 amide bonds. The van der Waals surface area contributed by atoms with Crippen LogP contribution in [0.15, 0.2) is 0 Å². The number of carbonyl (C=O) groups is 2. The lowest BCUT2D eigenvalue weighted by molar-refractivity contribution is -0.141. The predicted molar refractivity (Wildman–Crippen MR) is 93.3 cm³/mol. The minimum atomic E-state index is -0.758. The van der Waals surface area contributed by atoms with E-state index >= 15 is 0 Å². The Kier molecular flexibility index (Phi) is 4.25. The highest BCUT2D eigenvalue weighted by Crippen LogP contribution is 2.44. The highest BCUT2D eigenvalue weighted by atomic mass is 16.2. The lowest BCUT2D eigenvalue weighted by Gasteiger charge is -2.41. The molecular formula is C20H29N3O2. The van der Waals surface area contributed by atoms with E-state index in [1.54, 1.807) is 0 Å². The lowest BCUT2D eigenvalue weighted by atomic mass is 9.76. The molecular weight excluding hydrogens is 314 g/mol. The fourth-order valence-corrected chi connectivity index (χ4v) is 5.31. The Hall–Kier alpha value is -1.57. The van der Waals surface area contributed by atoms with Crippen LogP contribution in [0.3, 0.4) is 0 Å². The maximum Gasteiger partial charge on any atom is 0.243 e. The maximum atomic E-state index is 12.9. The van der Waals surface area contributed by atoms with Gasteiger partial charge in [-0.15, -0.1) is 0 Å². The summed E-state index contributed by atoms with van der Waals surface area (Å²) >= 11 is 0. The van der Waals surface area contributed by atoms with Crippen LogP contribution in [0.5, 0.6) is 0 Å². The van der Waals surface area contributed by atoms with Crippen LogP contribution >= 0.6 is 0 Å². The smallest absolute Gasteiger partial charge is 0.243 e. The second kappa shape index (κ2) is 6.30. The molecule has 2 aliphatic heterocycles. The van der Waals surface area contributed by atoms with E-state index < -0.39 is 5.41 Å². The van der Waals surface area contributed by atoms with Crippen molar-refractivity contribution in [3.8, 4) is 6.07 Å². The van der Waals surface area contributed by atoms with E-state index in [4.69, 9.17) is 0 Å². The Bertz CT molecular complexity index is 591.